The third kappa shape index (κ3) is 4.07. The number of amides is 1. The minimum absolute atomic E-state index is 0. The summed E-state index contributed by atoms with van der Waals surface area (Å²) < 4.78 is 23.9. The fourth-order valence-electron chi connectivity index (χ4n) is 3.49. The number of hydrogen-bond donors (Lipinski definition) is 3. The molecule has 1 unspecified atom stereocenters. The maximum atomic E-state index is 12.4. The molecular weight excluding hydrogens is 366 g/mol. The molecule has 1 aliphatic carbocycles. The van der Waals surface area contributed by atoms with Gasteiger partial charge in [-0.1, -0.05) is 0 Å². The summed E-state index contributed by atoms with van der Waals surface area (Å²) in [5.41, 5.74) is 2.61. The third-order valence-electron chi connectivity index (χ3n) is 4.86. The lowest BCUT2D eigenvalue weighted by atomic mass is 9.94. The van der Waals surface area contributed by atoms with Gasteiger partial charge in [0.15, 0.2) is 15.6 Å². The first-order chi connectivity index (χ1) is 11.4. The summed E-state index contributed by atoms with van der Waals surface area (Å²) in [6.07, 6.45) is 2.50. The molecule has 1 amide bonds. The Balaban J connectivity index is 0.00000225. The van der Waals surface area contributed by atoms with E-state index in [0.29, 0.717) is 49.3 Å². The Labute approximate surface area is 153 Å². The Morgan fingerprint density at radius 2 is 2.08 bits per heavy atom. The molecule has 140 valence electrons. The molecule has 25 heavy (non-hydrogen) atoms. The van der Waals surface area contributed by atoms with Crippen molar-refractivity contribution in [3.8, 4) is 0 Å². The van der Waals surface area contributed by atoms with Crippen LogP contribution in [0.1, 0.15) is 51.4 Å². The van der Waals surface area contributed by atoms with Gasteiger partial charge in [-0.3, -0.25) is 9.59 Å². The molecule has 1 aliphatic heterocycles. The average Bonchev–Trinajstić information content (AvgIpc) is 2.87. The average molecular weight is 390 g/mol. The standard InChI is InChI=1S/C16H23N3O4S.ClH/c1-10-14-12(3-2-4-13(14)20)19-15(10)16(21)18-6-5-11-9-17-7-8-24(11,22)23;/h11,17,19H,2-9H2,1H3,(H,18,21);1H. The van der Waals surface area contributed by atoms with Gasteiger partial charge in [0, 0.05) is 37.3 Å². The fourth-order valence-corrected chi connectivity index (χ4v) is 5.10. The Kier molecular flexibility index (Phi) is 6.29. The lowest BCUT2D eigenvalue weighted by Crippen LogP contribution is -2.45. The Bertz CT molecular complexity index is 773. The van der Waals surface area contributed by atoms with Gasteiger partial charge >= 0.3 is 0 Å². The van der Waals surface area contributed by atoms with E-state index >= 15 is 0 Å². The molecule has 0 saturated carbocycles. The molecule has 7 nitrogen and oxygen atoms in total. The van der Waals surface area contributed by atoms with Crippen LogP contribution in [0.5, 0.6) is 0 Å². The second-order valence-electron chi connectivity index (χ2n) is 6.49. The summed E-state index contributed by atoms with van der Waals surface area (Å²) >= 11 is 0. The van der Waals surface area contributed by atoms with E-state index in [0.717, 1.165) is 18.5 Å². The summed E-state index contributed by atoms with van der Waals surface area (Å²) in [5, 5.41) is 5.39. The quantitative estimate of drug-likeness (QED) is 0.704. The lowest BCUT2D eigenvalue weighted by molar-refractivity contribution is 0.0947. The highest BCUT2D eigenvalue weighted by Gasteiger charge is 2.29. The summed E-state index contributed by atoms with van der Waals surface area (Å²) in [5.74, 6) is -0.0461. The number of hydrogen-bond acceptors (Lipinski definition) is 5. The molecule has 1 saturated heterocycles. The number of ketones is 1. The van der Waals surface area contributed by atoms with Crippen molar-refractivity contribution < 1.29 is 18.0 Å². The lowest BCUT2D eigenvalue weighted by Gasteiger charge is -2.23. The van der Waals surface area contributed by atoms with Crippen molar-refractivity contribution in [1.82, 2.24) is 15.6 Å². The Morgan fingerprint density at radius 3 is 2.76 bits per heavy atom. The highest BCUT2D eigenvalue weighted by molar-refractivity contribution is 7.92. The number of sulfone groups is 1. The maximum absolute atomic E-state index is 12.4. The van der Waals surface area contributed by atoms with Gasteiger partial charge in [0.1, 0.15) is 5.69 Å². The van der Waals surface area contributed by atoms with Gasteiger partial charge in [-0.25, -0.2) is 8.42 Å². The highest BCUT2D eigenvalue weighted by atomic mass is 35.5. The van der Waals surface area contributed by atoms with E-state index in [1.807, 2.05) is 0 Å². The molecule has 0 bridgehead atoms. The van der Waals surface area contributed by atoms with E-state index in [-0.39, 0.29) is 29.9 Å². The monoisotopic (exact) mass is 389 g/mol. The van der Waals surface area contributed by atoms with Crippen LogP contribution in [0.25, 0.3) is 0 Å². The molecule has 0 spiro atoms. The summed E-state index contributed by atoms with van der Waals surface area (Å²) in [6, 6.07) is 0. The SMILES string of the molecule is Cc1c(C(=O)NCCC2CNCCS2(=O)=O)[nH]c2c1C(=O)CCC2.Cl. The van der Waals surface area contributed by atoms with Crippen LogP contribution in [0.2, 0.25) is 0 Å². The van der Waals surface area contributed by atoms with Crippen molar-refractivity contribution in [1.29, 1.82) is 0 Å². The van der Waals surface area contributed by atoms with Gasteiger partial charge in [0.2, 0.25) is 0 Å². The summed E-state index contributed by atoms with van der Waals surface area (Å²) in [7, 11) is -3.07. The molecule has 3 N–H and O–H groups in total. The zero-order valence-corrected chi connectivity index (χ0v) is 15.8. The van der Waals surface area contributed by atoms with Gasteiger partial charge in [-0.15, -0.1) is 12.4 Å². The Morgan fingerprint density at radius 1 is 1.32 bits per heavy atom. The van der Waals surface area contributed by atoms with E-state index in [1.165, 1.54) is 0 Å². The number of rotatable bonds is 4. The van der Waals surface area contributed by atoms with E-state index in [2.05, 4.69) is 15.6 Å². The van der Waals surface area contributed by atoms with Gasteiger partial charge < -0.3 is 15.6 Å². The molecule has 0 aromatic carbocycles. The van der Waals surface area contributed by atoms with Gasteiger partial charge in [0.05, 0.1) is 11.0 Å². The van der Waals surface area contributed by atoms with Crippen LogP contribution in [-0.2, 0) is 16.3 Å². The number of fused-ring (bicyclic) bond motifs is 1. The molecule has 1 aromatic heterocycles. The zero-order valence-electron chi connectivity index (χ0n) is 14.2. The number of nitrogens with one attached hydrogen (secondary N) is 3. The van der Waals surface area contributed by atoms with Crippen molar-refractivity contribution >= 4 is 33.9 Å². The largest absolute Gasteiger partial charge is 0.354 e. The predicted molar refractivity (Wildman–Crippen MR) is 97.4 cm³/mol. The van der Waals surface area contributed by atoms with Crippen LogP contribution in [-0.4, -0.2) is 55.7 Å². The molecule has 9 heteroatoms. The van der Waals surface area contributed by atoms with Crippen LogP contribution in [0.4, 0.5) is 0 Å². The molecule has 1 atom stereocenters. The van der Waals surface area contributed by atoms with Crippen LogP contribution in [0.15, 0.2) is 0 Å². The summed E-state index contributed by atoms with van der Waals surface area (Å²) in [4.78, 5) is 27.5. The molecule has 2 aliphatic rings. The molecule has 2 heterocycles. The number of aryl methyl sites for hydroxylation is 1. The van der Waals surface area contributed by atoms with E-state index in [1.54, 1.807) is 6.92 Å². The maximum Gasteiger partial charge on any atom is 0.268 e. The van der Waals surface area contributed by atoms with Crippen LogP contribution >= 0.6 is 12.4 Å². The van der Waals surface area contributed by atoms with Gasteiger partial charge in [0.25, 0.3) is 5.91 Å². The van der Waals surface area contributed by atoms with E-state index in [9.17, 15) is 18.0 Å². The number of aromatic amines is 1. The van der Waals surface area contributed by atoms with Gasteiger partial charge in [-0.05, 0) is 31.7 Å². The molecule has 0 radical (unpaired) electrons. The zero-order chi connectivity index (χ0) is 17.3. The van der Waals surface area contributed by atoms with Crippen molar-refractivity contribution in [3.63, 3.8) is 0 Å². The minimum Gasteiger partial charge on any atom is -0.354 e. The second kappa shape index (κ2) is 7.88. The Hall–Kier alpha value is -1.38. The number of aromatic nitrogens is 1. The van der Waals surface area contributed by atoms with Crippen LogP contribution in [0, 0.1) is 6.92 Å². The van der Waals surface area contributed by atoms with Crippen molar-refractivity contribution in [2.75, 3.05) is 25.4 Å². The smallest absolute Gasteiger partial charge is 0.268 e. The summed E-state index contributed by atoms with van der Waals surface area (Å²) in [6.45, 7) is 3.00. The minimum atomic E-state index is -3.07. The number of Topliss-reactive ketones (excluding diaryl/α,β-unsaturated/α-hetero) is 1. The first kappa shape index (κ1) is 19.9. The number of halogens is 1. The molecule has 3 rings (SSSR count). The van der Waals surface area contributed by atoms with Crippen LogP contribution < -0.4 is 10.6 Å². The first-order valence-electron chi connectivity index (χ1n) is 8.35. The van der Waals surface area contributed by atoms with E-state index in [4.69, 9.17) is 0 Å². The number of carbonyl (C=O) groups is 2. The number of carbonyl (C=O) groups excluding carboxylic acids is 2. The fraction of sp³-hybridized carbons (Fsp3) is 0.625. The molecule has 1 fully saturated rings. The van der Waals surface area contributed by atoms with Crippen molar-refractivity contribution in [2.24, 2.45) is 0 Å². The second-order valence-corrected chi connectivity index (χ2v) is 8.89. The number of H-pyrrole nitrogens is 1. The van der Waals surface area contributed by atoms with Gasteiger partial charge in [-0.2, -0.15) is 0 Å². The molecular formula is C16H24ClN3O4S. The van der Waals surface area contributed by atoms with Crippen molar-refractivity contribution in [3.05, 3.63) is 22.5 Å². The van der Waals surface area contributed by atoms with E-state index < -0.39 is 15.1 Å². The normalized spacial score (nSPS) is 22.0. The topological polar surface area (TPSA) is 108 Å². The highest BCUT2D eigenvalue weighted by Crippen LogP contribution is 2.26. The van der Waals surface area contributed by atoms with Crippen molar-refractivity contribution in [2.45, 2.75) is 37.9 Å². The predicted octanol–water partition coefficient (Wildman–Crippen LogP) is 0.770. The third-order valence-corrected chi connectivity index (χ3v) is 7.05. The first-order valence-corrected chi connectivity index (χ1v) is 10.1. The van der Waals surface area contributed by atoms with Crippen LogP contribution in [0.3, 0.4) is 0 Å². The molecule has 1 aromatic rings.